The molecule has 0 saturated heterocycles. The van der Waals surface area contributed by atoms with Crippen LogP contribution in [0, 0.1) is 0 Å². The number of amides is 1. The van der Waals surface area contributed by atoms with E-state index in [0.29, 0.717) is 11.6 Å². The molecule has 5 heteroatoms. The van der Waals surface area contributed by atoms with Crippen LogP contribution in [0.25, 0.3) is 10.9 Å². The van der Waals surface area contributed by atoms with Crippen LogP contribution >= 0.6 is 11.6 Å². The van der Waals surface area contributed by atoms with Crippen molar-refractivity contribution in [1.29, 1.82) is 0 Å². The number of nitrogens with zero attached hydrogens (tertiary/aromatic N) is 1. The summed E-state index contributed by atoms with van der Waals surface area (Å²) < 4.78 is 1.66. The summed E-state index contributed by atoms with van der Waals surface area (Å²) in [5.74, 6) is -0.343. The fourth-order valence-electron chi connectivity index (χ4n) is 2.45. The third-order valence-corrected chi connectivity index (χ3v) is 3.76. The maximum atomic E-state index is 12.8. The van der Waals surface area contributed by atoms with Crippen molar-refractivity contribution in [3.8, 4) is 0 Å². The Balaban J connectivity index is 2.63. The smallest absolute Gasteiger partial charge is 0.263 e. The van der Waals surface area contributed by atoms with Crippen LogP contribution in [0.3, 0.4) is 0 Å². The van der Waals surface area contributed by atoms with Crippen molar-refractivity contribution in [2.75, 3.05) is 0 Å². The van der Waals surface area contributed by atoms with Gasteiger partial charge in [-0.1, -0.05) is 31.0 Å². The lowest BCUT2D eigenvalue weighted by atomic mass is 10.1. The minimum atomic E-state index is -0.396. The molecule has 0 spiro atoms. The first-order chi connectivity index (χ1) is 10.7. The van der Waals surface area contributed by atoms with Crippen LogP contribution in [0.4, 0.5) is 0 Å². The maximum Gasteiger partial charge on any atom is 0.263 e. The molecule has 0 atom stereocenters. The summed E-state index contributed by atoms with van der Waals surface area (Å²) in [6.07, 6.45) is 1.83. The van der Waals surface area contributed by atoms with Gasteiger partial charge in [-0.25, -0.2) is 0 Å². The van der Waals surface area contributed by atoms with Crippen molar-refractivity contribution in [2.24, 2.45) is 0 Å². The second-order valence-corrected chi connectivity index (χ2v) is 7.21. The standard InChI is InChI=1S/C18H23ClN2O2/c1-5-6-9-21-15-11-13(19)8-7-12(15)10-14(17(21)23)16(22)20-18(2,3)4/h7-8,10-11H,5-6,9H2,1-4H3,(H,20,22). The molecule has 1 heterocycles. The predicted molar refractivity (Wildman–Crippen MR) is 95.3 cm³/mol. The quantitative estimate of drug-likeness (QED) is 0.919. The summed E-state index contributed by atoms with van der Waals surface area (Å²) in [6.45, 7) is 8.31. The van der Waals surface area contributed by atoms with Crippen LogP contribution in [0.2, 0.25) is 5.02 Å². The Morgan fingerprint density at radius 1 is 1.26 bits per heavy atom. The Bertz CT molecular complexity index is 788. The molecule has 0 radical (unpaired) electrons. The lowest BCUT2D eigenvalue weighted by Gasteiger charge is -2.21. The number of benzene rings is 1. The molecule has 1 amide bonds. The maximum absolute atomic E-state index is 12.8. The number of unbranched alkanes of at least 4 members (excludes halogenated alkanes) is 1. The van der Waals surface area contributed by atoms with Crippen molar-refractivity contribution in [1.82, 2.24) is 9.88 Å². The van der Waals surface area contributed by atoms with E-state index in [9.17, 15) is 9.59 Å². The van der Waals surface area contributed by atoms with E-state index in [4.69, 9.17) is 11.6 Å². The fraction of sp³-hybridized carbons (Fsp3) is 0.444. The average molecular weight is 335 g/mol. The summed E-state index contributed by atoms with van der Waals surface area (Å²) in [5.41, 5.74) is 0.274. The van der Waals surface area contributed by atoms with E-state index in [1.54, 1.807) is 22.8 Å². The fourth-order valence-corrected chi connectivity index (χ4v) is 2.62. The van der Waals surface area contributed by atoms with E-state index in [-0.39, 0.29) is 17.0 Å². The monoisotopic (exact) mass is 334 g/mol. The third-order valence-electron chi connectivity index (χ3n) is 3.53. The van der Waals surface area contributed by atoms with Gasteiger partial charge in [-0.05, 0) is 50.8 Å². The van der Waals surface area contributed by atoms with Crippen LogP contribution in [-0.2, 0) is 6.54 Å². The highest BCUT2D eigenvalue weighted by molar-refractivity contribution is 6.31. The summed E-state index contributed by atoms with van der Waals surface area (Å²) in [4.78, 5) is 25.3. The molecule has 0 aliphatic carbocycles. The zero-order chi connectivity index (χ0) is 17.2. The molecule has 0 saturated carbocycles. The number of aryl methyl sites for hydroxylation is 1. The number of nitrogens with one attached hydrogen (secondary N) is 1. The number of fused-ring (bicyclic) bond motifs is 1. The van der Waals surface area contributed by atoms with Gasteiger partial charge in [0, 0.05) is 17.1 Å². The Kier molecular flexibility index (Phi) is 5.15. The zero-order valence-electron chi connectivity index (χ0n) is 14.1. The highest BCUT2D eigenvalue weighted by Crippen LogP contribution is 2.20. The second kappa shape index (κ2) is 6.75. The highest BCUT2D eigenvalue weighted by atomic mass is 35.5. The number of halogens is 1. The molecule has 4 nitrogen and oxygen atoms in total. The molecule has 124 valence electrons. The minimum Gasteiger partial charge on any atom is -0.347 e. The van der Waals surface area contributed by atoms with Crippen LogP contribution in [-0.4, -0.2) is 16.0 Å². The normalized spacial score (nSPS) is 11.7. The Labute approximate surface area is 141 Å². The number of pyridine rings is 1. The Morgan fingerprint density at radius 2 is 1.96 bits per heavy atom. The zero-order valence-corrected chi connectivity index (χ0v) is 14.8. The lowest BCUT2D eigenvalue weighted by molar-refractivity contribution is 0.0917. The number of rotatable bonds is 4. The van der Waals surface area contributed by atoms with Gasteiger partial charge in [-0.3, -0.25) is 9.59 Å². The molecule has 2 rings (SSSR count). The van der Waals surface area contributed by atoms with Gasteiger partial charge in [-0.15, -0.1) is 0 Å². The van der Waals surface area contributed by atoms with Gasteiger partial charge in [0.1, 0.15) is 5.56 Å². The molecule has 0 unspecified atom stereocenters. The van der Waals surface area contributed by atoms with Crippen molar-refractivity contribution in [3.05, 3.63) is 45.2 Å². The van der Waals surface area contributed by atoms with Crippen molar-refractivity contribution in [3.63, 3.8) is 0 Å². The first-order valence-electron chi connectivity index (χ1n) is 7.88. The van der Waals surface area contributed by atoms with E-state index in [2.05, 4.69) is 12.2 Å². The molecule has 0 aliphatic heterocycles. The van der Waals surface area contributed by atoms with Crippen molar-refractivity contribution >= 4 is 28.4 Å². The molecule has 1 N–H and O–H groups in total. The molecule has 0 fully saturated rings. The van der Waals surface area contributed by atoms with E-state index in [1.165, 1.54) is 0 Å². The van der Waals surface area contributed by atoms with E-state index >= 15 is 0 Å². The molecule has 2 aromatic rings. The number of hydrogen-bond donors (Lipinski definition) is 1. The van der Waals surface area contributed by atoms with Gasteiger partial charge >= 0.3 is 0 Å². The second-order valence-electron chi connectivity index (χ2n) is 6.78. The van der Waals surface area contributed by atoms with Gasteiger partial charge in [0.15, 0.2) is 0 Å². The van der Waals surface area contributed by atoms with Gasteiger partial charge < -0.3 is 9.88 Å². The van der Waals surface area contributed by atoms with Crippen LogP contribution in [0.1, 0.15) is 50.9 Å². The molecule has 0 bridgehead atoms. The summed E-state index contributed by atoms with van der Waals surface area (Å²) in [5, 5.41) is 4.27. The molecular formula is C18H23ClN2O2. The van der Waals surface area contributed by atoms with Gasteiger partial charge in [-0.2, -0.15) is 0 Å². The van der Waals surface area contributed by atoms with Crippen molar-refractivity contribution < 1.29 is 4.79 Å². The highest BCUT2D eigenvalue weighted by Gasteiger charge is 2.20. The third kappa shape index (κ3) is 4.14. The molecule has 1 aromatic carbocycles. The van der Waals surface area contributed by atoms with Crippen molar-refractivity contribution in [2.45, 2.75) is 52.6 Å². The van der Waals surface area contributed by atoms with E-state index in [0.717, 1.165) is 23.7 Å². The molecule has 0 aliphatic rings. The Morgan fingerprint density at radius 3 is 2.57 bits per heavy atom. The molecule has 1 aromatic heterocycles. The molecule has 23 heavy (non-hydrogen) atoms. The van der Waals surface area contributed by atoms with Crippen LogP contribution in [0.15, 0.2) is 29.1 Å². The minimum absolute atomic E-state index is 0.172. The summed E-state index contributed by atoms with van der Waals surface area (Å²) in [7, 11) is 0. The number of carbonyl (C=O) groups is 1. The first kappa shape index (κ1) is 17.5. The van der Waals surface area contributed by atoms with Gasteiger partial charge in [0.05, 0.1) is 5.52 Å². The number of aromatic nitrogens is 1. The number of carbonyl (C=O) groups excluding carboxylic acids is 1. The van der Waals surface area contributed by atoms with Crippen LogP contribution in [0.5, 0.6) is 0 Å². The van der Waals surface area contributed by atoms with Gasteiger partial charge in [0.25, 0.3) is 11.5 Å². The Hall–Kier alpha value is -1.81. The van der Waals surface area contributed by atoms with Gasteiger partial charge in [0.2, 0.25) is 0 Å². The average Bonchev–Trinajstić information content (AvgIpc) is 2.44. The summed E-state index contributed by atoms with van der Waals surface area (Å²) >= 11 is 6.07. The SMILES string of the molecule is CCCCn1c(=O)c(C(=O)NC(C)(C)C)cc2ccc(Cl)cc21. The van der Waals surface area contributed by atoms with E-state index < -0.39 is 5.54 Å². The molecular weight excluding hydrogens is 312 g/mol. The van der Waals surface area contributed by atoms with Crippen LogP contribution < -0.4 is 10.9 Å². The topological polar surface area (TPSA) is 51.1 Å². The predicted octanol–water partition coefficient (Wildman–Crippen LogP) is 3.98. The number of hydrogen-bond acceptors (Lipinski definition) is 2. The largest absolute Gasteiger partial charge is 0.347 e. The summed E-state index contributed by atoms with van der Waals surface area (Å²) in [6, 6.07) is 7.04. The van der Waals surface area contributed by atoms with E-state index in [1.807, 2.05) is 26.8 Å². The lowest BCUT2D eigenvalue weighted by Crippen LogP contribution is -2.43. The first-order valence-corrected chi connectivity index (χ1v) is 8.26.